The number of carboxylic acids is 1. The van der Waals surface area contributed by atoms with Crippen molar-refractivity contribution in [3.05, 3.63) is 35.4 Å². The Hall–Kier alpha value is -1.02. The lowest BCUT2D eigenvalue weighted by Crippen LogP contribution is -2.44. The van der Waals surface area contributed by atoms with Gasteiger partial charge in [-0.3, -0.25) is 4.79 Å². The quantitative estimate of drug-likeness (QED) is 0.505. The van der Waals surface area contributed by atoms with E-state index in [4.69, 9.17) is 4.43 Å². The van der Waals surface area contributed by atoms with E-state index < -0.39 is 35.9 Å². The number of benzene rings is 1. The van der Waals surface area contributed by atoms with Crippen molar-refractivity contribution in [2.45, 2.75) is 89.7 Å². The highest BCUT2D eigenvalue weighted by Gasteiger charge is 2.38. The highest BCUT2D eigenvalue weighted by atomic mass is 32.2. The molecule has 0 saturated carbocycles. The summed E-state index contributed by atoms with van der Waals surface area (Å²) in [5.41, 5.74) is 1.73. The molecule has 0 fully saturated rings. The molecule has 0 aliphatic rings. The van der Waals surface area contributed by atoms with Crippen molar-refractivity contribution in [3.8, 4) is 0 Å². The number of carboxylic acid groups (broad SMARTS) is 1. The van der Waals surface area contributed by atoms with Gasteiger partial charge in [-0.05, 0) is 56.5 Å². The van der Waals surface area contributed by atoms with Gasteiger partial charge in [-0.15, -0.1) is 0 Å². The number of aliphatic carboxylic acids is 1. The van der Waals surface area contributed by atoms with Crippen LogP contribution in [0.1, 0.15) is 78.0 Å². The van der Waals surface area contributed by atoms with Crippen LogP contribution in [0.2, 0.25) is 18.1 Å². The summed E-state index contributed by atoms with van der Waals surface area (Å²) in [6.45, 7) is 19.1. The summed E-state index contributed by atoms with van der Waals surface area (Å²) in [6, 6.07) is 7.33. The Morgan fingerprint density at radius 1 is 1.10 bits per heavy atom. The van der Waals surface area contributed by atoms with Gasteiger partial charge < -0.3 is 9.53 Å². The summed E-state index contributed by atoms with van der Waals surface area (Å²) in [5.74, 6) is -1.33. The van der Waals surface area contributed by atoms with E-state index in [1.165, 1.54) is 0 Å². The fourth-order valence-electron chi connectivity index (χ4n) is 2.53. The fourth-order valence-corrected chi connectivity index (χ4v) is 4.36. The van der Waals surface area contributed by atoms with Crippen LogP contribution in [0.25, 0.3) is 0 Å². The summed E-state index contributed by atoms with van der Waals surface area (Å²) in [5, 5.41) is 9.48. The molecule has 166 valence electrons. The Bertz CT molecular complexity index is 705. The predicted molar refractivity (Wildman–Crippen MR) is 124 cm³/mol. The van der Waals surface area contributed by atoms with Gasteiger partial charge in [0.2, 0.25) is 0 Å². The molecule has 0 bridgehead atoms. The van der Waals surface area contributed by atoms with Gasteiger partial charge in [0.1, 0.15) is 0 Å². The van der Waals surface area contributed by atoms with Gasteiger partial charge in [0.25, 0.3) is 0 Å². The zero-order valence-electron chi connectivity index (χ0n) is 19.5. The third-order valence-electron chi connectivity index (χ3n) is 5.67. The number of carbonyl (C=O) groups is 1. The monoisotopic (exact) mass is 441 g/mol. The Balaban J connectivity index is 3.14. The predicted octanol–water partition coefficient (Wildman–Crippen LogP) is 5.38. The number of nitrogens with one attached hydrogen (secondary N) is 1. The van der Waals surface area contributed by atoms with Crippen LogP contribution < -0.4 is 4.72 Å². The second kappa shape index (κ2) is 9.86. The molecule has 0 heterocycles. The molecule has 3 atom stereocenters. The van der Waals surface area contributed by atoms with Gasteiger partial charge in [-0.25, -0.2) is 8.93 Å². The molecule has 0 saturated heterocycles. The molecular formula is C22H39NO4SSi. The smallest absolute Gasteiger partial charge is 0.310 e. The first kappa shape index (κ1) is 26.0. The van der Waals surface area contributed by atoms with Gasteiger partial charge in [0.15, 0.2) is 8.32 Å². The van der Waals surface area contributed by atoms with Crippen LogP contribution in [0, 0.1) is 0 Å². The zero-order valence-corrected chi connectivity index (χ0v) is 21.3. The maximum absolute atomic E-state index is 12.8. The minimum atomic E-state index is -1.96. The maximum atomic E-state index is 12.8. The molecule has 0 aromatic heterocycles. The van der Waals surface area contributed by atoms with Gasteiger partial charge in [0, 0.05) is 0 Å². The van der Waals surface area contributed by atoms with Crippen LogP contribution in [0.4, 0.5) is 0 Å². The standard InChI is InChI=1S/C22H39NO4SSi/c1-10-18(20(24)25)16-11-13-17(14-12-16)19(23-28(26)21(2,3)4)15-27-29(8,9)22(5,6)7/h11-14,18-19,23H,10,15H2,1-9H3,(H,24,25)/t18?,19-,28?/m1/s1. The average Bonchev–Trinajstić information content (AvgIpc) is 2.57. The SMILES string of the molecule is CCC(C(=O)O)c1ccc([C@@H](CO[Si](C)(C)C(C)(C)C)NS(=O)C(C)(C)C)cc1. The molecule has 1 aromatic carbocycles. The van der Waals surface area contributed by atoms with E-state index in [0.717, 1.165) is 11.1 Å². The Morgan fingerprint density at radius 3 is 1.97 bits per heavy atom. The van der Waals surface area contributed by atoms with Crippen LogP contribution in [-0.4, -0.2) is 35.0 Å². The van der Waals surface area contributed by atoms with Gasteiger partial charge in [-0.2, -0.15) is 0 Å². The minimum Gasteiger partial charge on any atom is -0.481 e. The molecule has 0 spiro atoms. The van der Waals surface area contributed by atoms with Crippen molar-refractivity contribution in [3.63, 3.8) is 0 Å². The Labute approximate surface area is 180 Å². The molecule has 2 unspecified atom stereocenters. The number of rotatable bonds is 9. The van der Waals surface area contributed by atoms with E-state index in [1.54, 1.807) is 0 Å². The third-order valence-corrected chi connectivity index (χ3v) is 11.8. The average molecular weight is 442 g/mol. The first-order valence-corrected chi connectivity index (χ1v) is 14.3. The first-order valence-electron chi connectivity index (χ1n) is 10.2. The van der Waals surface area contributed by atoms with Gasteiger partial charge in [-0.1, -0.05) is 52.0 Å². The highest BCUT2D eigenvalue weighted by Crippen LogP contribution is 2.37. The number of hydrogen-bond acceptors (Lipinski definition) is 3. The third kappa shape index (κ3) is 7.31. The second-order valence-corrected chi connectivity index (χ2v) is 16.9. The summed E-state index contributed by atoms with van der Waals surface area (Å²) in [6.07, 6.45) is 0.541. The van der Waals surface area contributed by atoms with Crippen molar-refractivity contribution in [2.75, 3.05) is 6.61 Å². The summed E-state index contributed by atoms with van der Waals surface area (Å²) in [7, 11) is -3.21. The van der Waals surface area contributed by atoms with Crippen molar-refractivity contribution in [1.29, 1.82) is 0 Å². The van der Waals surface area contributed by atoms with Crippen LogP contribution in [0.15, 0.2) is 24.3 Å². The largest absolute Gasteiger partial charge is 0.481 e. The molecule has 0 radical (unpaired) electrons. The summed E-state index contributed by atoms with van der Waals surface area (Å²) in [4.78, 5) is 11.4. The maximum Gasteiger partial charge on any atom is 0.310 e. The normalized spacial score (nSPS) is 16.3. The van der Waals surface area contributed by atoms with Crippen molar-refractivity contribution >= 4 is 25.3 Å². The van der Waals surface area contributed by atoms with Crippen LogP contribution in [0.5, 0.6) is 0 Å². The fraction of sp³-hybridized carbons (Fsp3) is 0.682. The van der Waals surface area contributed by atoms with Crippen molar-refractivity contribution in [1.82, 2.24) is 4.72 Å². The summed E-state index contributed by atoms with van der Waals surface area (Å²) < 4.78 is 22.0. The van der Waals surface area contributed by atoms with Crippen LogP contribution >= 0.6 is 0 Å². The van der Waals surface area contributed by atoms with Gasteiger partial charge in [0.05, 0.1) is 34.3 Å². The molecule has 0 aliphatic heterocycles. The molecule has 0 aliphatic carbocycles. The zero-order chi connectivity index (χ0) is 22.6. The van der Waals surface area contributed by atoms with E-state index in [0.29, 0.717) is 13.0 Å². The molecule has 7 heteroatoms. The second-order valence-electron chi connectivity index (χ2n) is 10.1. The van der Waals surface area contributed by atoms with E-state index in [1.807, 2.05) is 52.0 Å². The molecule has 2 N–H and O–H groups in total. The minimum absolute atomic E-state index is 0.0838. The molecule has 0 amide bonds. The Morgan fingerprint density at radius 2 is 1.59 bits per heavy atom. The Kier molecular flexibility index (Phi) is 8.84. The molecule has 5 nitrogen and oxygen atoms in total. The van der Waals surface area contributed by atoms with E-state index in [2.05, 4.69) is 38.6 Å². The van der Waals surface area contributed by atoms with Gasteiger partial charge >= 0.3 is 5.97 Å². The topological polar surface area (TPSA) is 75.6 Å². The van der Waals surface area contributed by atoms with Crippen LogP contribution in [0.3, 0.4) is 0 Å². The van der Waals surface area contributed by atoms with Crippen molar-refractivity contribution < 1.29 is 18.5 Å². The lowest BCUT2D eigenvalue weighted by molar-refractivity contribution is -0.138. The number of hydrogen-bond donors (Lipinski definition) is 2. The first-order chi connectivity index (χ1) is 13.1. The molecule has 29 heavy (non-hydrogen) atoms. The van der Waals surface area contributed by atoms with E-state index >= 15 is 0 Å². The van der Waals surface area contributed by atoms with E-state index in [9.17, 15) is 14.1 Å². The van der Waals surface area contributed by atoms with E-state index in [-0.39, 0.29) is 11.1 Å². The summed E-state index contributed by atoms with van der Waals surface area (Å²) >= 11 is 0. The highest BCUT2D eigenvalue weighted by molar-refractivity contribution is 7.84. The molecular weight excluding hydrogens is 402 g/mol. The lowest BCUT2D eigenvalue weighted by atomic mass is 9.95. The van der Waals surface area contributed by atoms with Crippen molar-refractivity contribution in [2.24, 2.45) is 0 Å². The lowest BCUT2D eigenvalue weighted by Gasteiger charge is -2.37. The van der Waals surface area contributed by atoms with Crippen LogP contribution in [-0.2, 0) is 20.2 Å². The molecule has 1 rings (SSSR count). The molecule has 1 aromatic rings.